The Hall–Kier alpha value is -3.01. The van der Waals surface area contributed by atoms with Crippen molar-refractivity contribution in [3.05, 3.63) is 41.7 Å². The van der Waals surface area contributed by atoms with E-state index in [0.717, 1.165) is 5.69 Å². The number of hydrogen-bond donors (Lipinski definition) is 1. The first kappa shape index (κ1) is 19.7. The number of rotatable bonds is 6. The van der Waals surface area contributed by atoms with Crippen molar-refractivity contribution in [1.82, 2.24) is 20.0 Å². The Labute approximate surface area is 162 Å². The molecule has 28 heavy (non-hydrogen) atoms. The molecule has 0 radical (unpaired) electrons. The number of amides is 1. The van der Waals surface area contributed by atoms with Crippen molar-refractivity contribution < 1.29 is 17.6 Å². The first-order chi connectivity index (χ1) is 13.2. The molecule has 2 aromatic heterocycles. The van der Waals surface area contributed by atoms with E-state index in [0.29, 0.717) is 11.3 Å². The fourth-order valence-electron chi connectivity index (χ4n) is 2.60. The van der Waals surface area contributed by atoms with E-state index in [9.17, 15) is 13.2 Å². The van der Waals surface area contributed by atoms with E-state index in [2.05, 4.69) is 20.6 Å². The van der Waals surface area contributed by atoms with E-state index in [-0.39, 0.29) is 28.6 Å². The van der Waals surface area contributed by atoms with Crippen molar-refractivity contribution in [3.8, 4) is 11.5 Å². The summed E-state index contributed by atoms with van der Waals surface area (Å²) in [6.07, 6.45) is 0. The molecule has 148 valence electrons. The second-order valence-electron chi connectivity index (χ2n) is 6.50. The molecule has 1 amide bonds. The number of nitrogens with one attached hydrogen (secondary N) is 1. The summed E-state index contributed by atoms with van der Waals surface area (Å²) in [6.45, 7) is 7.25. The molecule has 0 aliphatic heterocycles. The number of anilines is 1. The lowest BCUT2D eigenvalue weighted by Gasteiger charge is -2.09. The molecule has 0 fully saturated rings. The second-order valence-corrected chi connectivity index (χ2v) is 8.78. The SMILES string of the molecule is CCS(=O)(=O)c1ccc(-c2nnc(NC(=O)c3cc(C)nn3C(C)C)o2)cc1. The maximum absolute atomic E-state index is 12.5. The zero-order chi connectivity index (χ0) is 20.5. The highest BCUT2D eigenvalue weighted by Gasteiger charge is 2.19. The molecule has 0 atom stereocenters. The predicted octanol–water partition coefficient (Wildman–Crippen LogP) is 2.87. The lowest BCUT2D eigenvalue weighted by atomic mass is 10.2. The molecule has 3 rings (SSSR count). The van der Waals surface area contributed by atoms with Crippen LogP contribution >= 0.6 is 0 Å². The van der Waals surface area contributed by atoms with E-state index in [1.54, 1.807) is 29.8 Å². The quantitative estimate of drug-likeness (QED) is 0.672. The number of aromatic nitrogens is 4. The van der Waals surface area contributed by atoms with Crippen LogP contribution in [0.3, 0.4) is 0 Å². The van der Waals surface area contributed by atoms with Gasteiger partial charge < -0.3 is 4.42 Å². The molecule has 0 saturated heterocycles. The molecule has 10 heteroatoms. The standard InChI is InChI=1S/C18H21N5O4S/c1-5-28(25,26)14-8-6-13(7-9-14)17-20-21-18(27-17)19-16(24)15-10-12(4)22-23(15)11(2)3/h6-11H,5H2,1-4H3,(H,19,21,24). The van der Waals surface area contributed by atoms with Gasteiger partial charge in [0.1, 0.15) is 5.69 Å². The van der Waals surface area contributed by atoms with Crippen LogP contribution in [0.4, 0.5) is 6.01 Å². The summed E-state index contributed by atoms with van der Waals surface area (Å²) in [4.78, 5) is 12.7. The third-order valence-corrected chi connectivity index (χ3v) is 5.82. The van der Waals surface area contributed by atoms with E-state index in [1.165, 1.54) is 12.1 Å². The van der Waals surface area contributed by atoms with Crippen LogP contribution in [-0.2, 0) is 9.84 Å². The highest BCUT2D eigenvalue weighted by molar-refractivity contribution is 7.91. The Kier molecular flexibility index (Phi) is 5.32. The highest BCUT2D eigenvalue weighted by Crippen LogP contribution is 2.22. The van der Waals surface area contributed by atoms with Crippen molar-refractivity contribution in [2.24, 2.45) is 0 Å². The molecule has 0 aliphatic carbocycles. The fraction of sp³-hybridized carbons (Fsp3) is 0.333. The molecule has 2 heterocycles. The van der Waals surface area contributed by atoms with Gasteiger partial charge in [-0.15, -0.1) is 5.10 Å². The molecule has 1 aromatic carbocycles. The Balaban J connectivity index is 1.79. The van der Waals surface area contributed by atoms with Crippen LogP contribution < -0.4 is 5.32 Å². The molecule has 0 saturated carbocycles. The van der Waals surface area contributed by atoms with Crippen molar-refractivity contribution in [2.75, 3.05) is 11.1 Å². The average Bonchev–Trinajstić information content (AvgIpc) is 3.28. The lowest BCUT2D eigenvalue weighted by Crippen LogP contribution is -2.19. The van der Waals surface area contributed by atoms with Crippen molar-refractivity contribution >= 4 is 21.8 Å². The van der Waals surface area contributed by atoms with E-state index >= 15 is 0 Å². The number of nitrogens with zero attached hydrogens (tertiary/aromatic N) is 4. The van der Waals surface area contributed by atoms with Gasteiger partial charge in [0.2, 0.25) is 5.89 Å². The molecular weight excluding hydrogens is 382 g/mol. The number of aryl methyl sites for hydroxylation is 1. The maximum Gasteiger partial charge on any atom is 0.322 e. The number of carbonyl (C=O) groups is 1. The van der Waals surface area contributed by atoms with Crippen LogP contribution in [0.1, 0.15) is 43.0 Å². The fourth-order valence-corrected chi connectivity index (χ4v) is 3.49. The van der Waals surface area contributed by atoms with Crippen molar-refractivity contribution in [2.45, 2.75) is 38.6 Å². The van der Waals surface area contributed by atoms with E-state index in [4.69, 9.17) is 4.42 Å². The summed E-state index contributed by atoms with van der Waals surface area (Å²) in [5.74, 6) is -0.214. The van der Waals surface area contributed by atoms with Crippen LogP contribution in [0, 0.1) is 6.92 Å². The Morgan fingerprint density at radius 1 is 1.21 bits per heavy atom. The molecule has 0 bridgehead atoms. The van der Waals surface area contributed by atoms with Gasteiger partial charge in [-0.3, -0.25) is 14.8 Å². The first-order valence-corrected chi connectivity index (χ1v) is 10.4. The molecule has 0 aliphatic rings. The number of hydrogen-bond acceptors (Lipinski definition) is 7. The van der Waals surface area contributed by atoms with Gasteiger partial charge in [0.05, 0.1) is 16.3 Å². The Morgan fingerprint density at radius 2 is 1.89 bits per heavy atom. The minimum atomic E-state index is -3.28. The molecule has 0 unspecified atom stereocenters. The molecule has 0 spiro atoms. The first-order valence-electron chi connectivity index (χ1n) is 8.75. The van der Waals surface area contributed by atoms with Gasteiger partial charge in [-0.05, 0) is 51.1 Å². The van der Waals surface area contributed by atoms with Gasteiger partial charge in [-0.25, -0.2) is 8.42 Å². The van der Waals surface area contributed by atoms with Crippen LogP contribution in [-0.4, -0.2) is 40.1 Å². The summed E-state index contributed by atoms with van der Waals surface area (Å²) in [6, 6.07) is 7.78. The monoisotopic (exact) mass is 403 g/mol. The smallest absolute Gasteiger partial charge is 0.322 e. The average molecular weight is 403 g/mol. The van der Waals surface area contributed by atoms with Gasteiger partial charge in [0.25, 0.3) is 5.91 Å². The highest BCUT2D eigenvalue weighted by atomic mass is 32.2. The van der Waals surface area contributed by atoms with Crippen molar-refractivity contribution in [3.63, 3.8) is 0 Å². The summed E-state index contributed by atoms with van der Waals surface area (Å²) < 4.78 is 30.9. The Bertz CT molecular complexity index is 1100. The molecular formula is C18H21N5O4S. The van der Waals surface area contributed by atoms with Gasteiger partial charge in [0.15, 0.2) is 9.84 Å². The zero-order valence-electron chi connectivity index (χ0n) is 16.0. The normalized spacial score (nSPS) is 11.8. The third-order valence-electron chi connectivity index (χ3n) is 4.07. The minimum Gasteiger partial charge on any atom is -0.403 e. The third kappa shape index (κ3) is 3.96. The van der Waals surface area contributed by atoms with Crippen molar-refractivity contribution in [1.29, 1.82) is 0 Å². The predicted molar refractivity (Wildman–Crippen MR) is 103 cm³/mol. The lowest BCUT2D eigenvalue weighted by molar-refractivity contribution is 0.101. The Morgan fingerprint density at radius 3 is 2.50 bits per heavy atom. The van der Waals surface area contributed by atoms with Crippen LogP contribution in [0.25, 0.3) is 11.5 Å². The number of sulfone groups is 1. The van der Waals surface area contributed by atoms with Gasteiger partial charge in [-0.2, -0.15) is 5.10 Å². The van der Waals surface area contributed by atoms with Crippen LogP contribution in [0.15, 0.2) is 39.6 Å². The largest absolute Gasteiger partial charge is 0.403 e. The molecule has 3 aromatic rings. The maximum atomic E-state index is 12.5. The zero-order valence-corrected chi connectivity index (χ0v) is 16.8. The molecule has 9 nitrogen and oxygen atoms in total. The van der Waals surface area contributed by atoms with E-state index < -0.39 is 15.7 Å². The van der Waals surface area contributed by atoms with Gasteiger partial charge in [-0.1, -0.05) is 12.0 Å². The van der Waals surface area contributed by atoms with Crippen LogP contribution in [0.2, 0.25) is 0 Å². The van der Waals surface area contributed by atoms with Crippen LogP contribution in [0.5, 0.6) is 0 Å². The molecule has 1 N–H and O–H groups in total. The summed E-state index contributed by atoms with van der Waals surface area (Å²) in [5.41, 5.74) is 1.67. The number of carbonyl (C=O) groups excluding carboxylic acids is 1. The second kappa shape index (κ2) is 7.55. The summed E-state index contributed by atoms with van der Waals surface area (Å²) >= 11 is 0. The van der Waals surface area contributed by atoms with Gasteiger partial charge >= 0.3 is 6.01 Å². The van der Waals surface area contributed by atoms with E-state index in [1.807, 2.05) is 20.8 Å². The van der Waals surface area contributed by atoms with Gasteiger partial charge in [0, 0.05) is 11.6 Å². The summed E-state index contributed by atoms with van der Waals surface area (Å²) in [5, 5.41) is 14.6. The minimum absolute atomic E-state index is 0.0191. The number of benzene rings is 1. The summed E-state index contributed by atoms with van der Waals surface area (Å²) in [7, 11) is -3.28. The topological polar surface area (TPSA) is 120 Å².